The van der Waals surface area contributed by atoms with E-state index in [9.17, 15) is 0 Å². The Bertz CT molecular complexity index is 890. The van der Waals surface area contributed by atoms with Gasteiger partial charge in [-0.25, -0.2) is 25.4 Å². The number of aryl methyl sites for hydroxylation is 1. The van der Waals surface area contributed by atoms with E-state index in [1.54, 1.807) is 6.20 Å². The summed E-state index contributed by atoms with van der Waals surface area (Å²) in [5.41, 5.74) is 9.11. The van der Waals surface area contributed by atoms with Gasteiger partial charge < -0.3 is 4.57 Å². The van der Waals surface area contributed by atoms with Crippen LogP contribution in [0.15, 0.2) is 47.0 Å². The molecule has 0 saturated carbocycles. The molecule has 110 valence electrons. The Hall–Kier alpha value is -3.00. The quantitative estimate of drug-likeness (QED) is 0.673. The smallest absolute Gasteiger partial charge is 0.173 e. The SMILES string of the molecule is Cc1nonc1-c1nc2cccnc2n1CC1=CC=C[NH2+]N1. The Labute approximate surface area is 125 Å². The van der Waals surface area contributed by atoms with Crippen molar-refractivity contribution in [2.24, 2.45) is 0 Å². The van der Waals surface area contributed by atoms with Gasteiger partial charge in [0.25, 0.3) is 0 Å². The number of nitrogens with zero attached hydrogens (tertiary/aromatic N) is 5. The first-order chi connectivity index (χ1) is 10.8. The highest BCUT2D eigenvalue weighted by Gasteiger charge is 2.20. The van der Waals surface area contributed by atoms with Crippen LogP contribution in [-0.4, -0.2) is 24.8 Å². The van der Waals surface area contributed by atoms with Crippen LogP contribution in [0.1, 0.15) is 5.69 Å². The van der Waals surface area contributed by atoms with Gasteiger partial charge in [0.05, 0.1) is 12.2 Å². The van der Waals surface area contributed by atoms with Gasteiger partial charge in [0.2, 0.25) is 0 Å². The average molecular weight is 296 g/mol. The molecule has 0 saturated heterocycles. The van der Waals surface area contributed by atoms with Crippen LogP contribution in [-0.2, 0) is 6.54 Å². The van der Waals surface area contributed by atoms with Crippen molar-refractivity contribution >= 4 is 11.2 Å². The van der Waals surface area contributed by atoms with Crippen LogP contribution in [0.25, 0.3) is 22.7 Å². The Morgan fingerprint density at radius 3 is 3.09 bits per heavy atom. The first-order valence-electron chi connectivity index (χ1n) is 6.89. The van der Waals surface area contributed by atoms with Crippen molar-refractivity contribution in [1.82, 2.24) is 30.3 Å². The lowest BCUT2D eigenvalue weighted by Crippen LogP contribution is -2.88. The maximum absolute atomic E-state index is 4.82. The number of nitrogens with one attached hydrogen (secondary N) is 1. The minimum atomic E-state index is 0.607. The fraction of sp³-hybridized carbons (Fsp3) is 0.143. The lowest BCUT2D eigenvalue weighted by atomic mass is 10.3. The van der Waals surface area contributed by atoms with E-state index in [-0.39, 0.29) is 0 Å². The molecule has 0 fully saturated rings. The van der Waals surface area contributed by atoms with Gasteiger partial charge in [-0.05, 0) is 36.4 Å². The summed E-state index contributed by atoms with van der Waals surface area (Å²) in [4.78, 5) is 9.08. The van der Waals surface area contributed by atoms with Gasteiger partial charge in [-0.15, -0.1) is 0 Å². The minimum Gasteiger partial charge on any atom is -0.301 e. The van der Waals surface area contributed by atoms with E-state index in [0.717, 1.165) is 16.9 Å². The highest BCUT2D eigenvalue weighted by atomic mass is 16.6. The molecule has 0 bridgehead atoms. The molecule has 0 aliphatic carbocycles. The highest BCUT2D eigenvalue weighted by Crippen LogP contribution is 2.24. The third-order valence-electron chi connectivity index (χ3n) is 3.47. The maximum Gasteiger partial charge on any atom is 0.173 e. The lowest BCUT2D eigenvalue weighted by molar-refractivity contribution is -0.643. The zero-order chi connectivity index (χ0) is 14.9. The number of imidazole rings is 1. The summed E-state index contributed by atoms with van der Waals surface area (Å²) in [6.07, 6.45) is 7.71. The molecule has 4 heterocycles. The monoisotopic (exact) mass is 296 g/mol. The van der Waals surface area contributed by atoms with E-state index < -0.39 is 0 Å². The van der Waals surface area contributed by atoms with Gasteiger partial charge in [-0.3, -0.25) is 0 Å². The zero-order valence-electron chi connectivity index (χ0n) is 11.9. The van der Waals surface area contributed by atoms with Crippen molar-refractivity contribution in [3.05, 3.63) is 48.1 Å². The summed E-state index contributed by atoms with van der Waals surface area (Å²) in [6, 6.07) is 3.80. The molecule has 0 aromatic carbocycles. The van der Waals surface area contributed by atoms with Gasteiger partial charge in [0.1, 0.15) is 17.4 Å². The number of rotatable bonds is 3. The van der Waals surface area contributed by atoms with Crippen LogP contribution in [0.4, 0.5) is 0 Å². The number of hydrogen-bond donors (Lipinski definition) is 2. The number of quaternary nitrogens is 1. The van der Waals surface area contributed by atoms with Crippen LogP contribution in [0.2, 0.25) is 0 Å². The fourth-order valence-corrected chi connectivity index (χ4v) is 2.42. The van der Waals surface area contributed by atoms with Crippen LogP contribution >= 0.6 is 0 Å². The van der Waals surface area contributed by atoms with Crippen molar-refractivity contribution < 1.29 is 10.1 Å². The number of pyridine rings is 1. The minimum absolute atomic E-state index is 0.607. The molecule has 0 unspecified atom stereocenters. The third-order valence-corrected chi connectivity index (χ3v) is 3.47. The highest BCUT2D eigenvalue weighted by molar-refractivity contribution is 5.76. The second-order valence-corrected chi connectivity index (χ2v) is 4.95. The number of allylic oxidation sites excluding steroid dienone is 3. The van der Waals surface area contributed by atoms with Gasteiger partial charge in [0.15, 0.2) is 17.2 Å². The number of aromatic nitrogens is 5. The Morgan fingerprint density at radius 2 is 2.32 bits per heavy atom. The number of hydrogen-bond acceptors (Lipinski definition) is 6. The standard InChI is InChI=1S/C14H13N7O/c1-9-12(20-22-19-9)14-17-11-5-3-6-15-13(11)21(14)8-10-4-2-7-16-18-10/h2-7,16,18H,8H2,1H3/p+1. The first-order valence-corrected chi connectivity index (χ1v) is 6.89. The Morgan fingerprint density at radius 1 is 1.36 bits per heavy atom. The van der Waals surface area contributed by atoms with E-state index in [1.165, 1.54) is 0 Å². The van der Waals surface area contributed by atoms with Crippen molar-refractivity contribution in [1.29, 1.82) is 0 Å². The summed E-state index contributed by atoms with van der Waals surface area (Å²) in [6.45, 7) is 2.45. The van der Waals surface area contributed by atoms with E-state index in [1.807, 2.05) is 47.4 Å². The number of nitrogens with two attached hydrogens (primary N) is 1. The van der Waals surface area contributed by atoms with E-state index in [4.69, 9.17) is 4.63 Å². The maximum atomic E-state index is 4.82. The largest absolute Gasteiger partial charge is 0.301 e. The van der Waals surface area contributed by atoms with E-state index >= 15 is 0 Å². The molecular weight excluding hydrogens is 282 g/mol. The molecule has 0 atom stereocenters. The molecule has 3 N–H and O–H groups in total. The molecule has 1 aliphatic rings. The molecular formula is C14H14N7O+. The number of fused-ring (bicyclic) bond motifs is 1. The van der Waals surface area contributed by atoms with Crippen LogP contribution in [0, 0.1) is 6.92 Å². The molecule has 8 nitrogen and oxygen atoms in total. The van der Waals surface area contributed by atoms with Gasteiger partial charge in [-0.1, -0.05) is 5.16 Å². The third kappa shape index (κ3) is 2.06. The van der Waals surface area contributed by atoms with Gasteiger partial charge in [-0.2, -0.15) is 0 Å². The van der Waals surface area contributed by atoms with Crippen molar-refractivity contribution in [2.75, 3.05) is 0 Å². The normalized spacial score (nSPS) is 14.1. The summed E-state index contributed by atoms with van der Waals surface area (Å²) >= 11 is 0. The average Bonchev–Trinajstić information content (AvgIpc) is 3.12. The van der Waals surface area contributed by atoms with Crippen LogP contribution in [0.3, 0.4) is 0 Å². The summed E-state index contributed by atoms with van der Waals surface area (Å²) in [5.74, 6) is 0.699. The van der Waals surface area contributed by atoms with Gasteiger partial charge in [0, 0.05) is 6.20 Å². The lowest BCUT2D eigenvalue weighted by Gasteiger charge is -2.12. The molecule has 1 aliphatic heterocycles. The van der Waals surface area contributed by atoms with Crippen LogP contribution in [0.5, 0.6) is 0 Å². The Balaban J connectivity index is 1.88. The summed E-state index contributed by atoms with van der Waals surface area (Å²) < 4.78 is 6.83. The summed E-state index contributed by atoms with van der Waals surface area (Å²) in [5, 5.41) is 7.82. The molecule has 3 aromatic heterocycles. The topological polar surface area (TPSA) is 98.3 Å². The molecule has 0 amide bonds. The molecule has 3 aromatic rings. The Kier molecular flexibility index (Phi) is 2.94. The van der Waals surface area contributed by atoms with Crippen molar-refractivity contribution in [3.63, 3.8) is 0 Å². The molecule has 8 heteroatoms. The van der Waals surface area contributed by atoms with E-state index in [0.29, 0.717) is 23.8 Å². The fourth-order valence-electron chi connectivity index (χ4n) is 2.42. The van der Waals surface area contributed by atoms with Gasteiger partial charge >= 0.3 is 0 Å². The van der Waals surface area contributed by atoms with Crippen molar-refractivity contribution in [3.8, 4) is 11.5 Å². The second-order valence-electron chi connectivity index (χ2n) is 4.95. The van der Waals surface area contributed by atoms with Crippen LogP contribution < -0.4 is 10.9 Å². The van der Waals surface area contributed by atoms with E-state index in [2.05, 4.69) is 25.7 Å². The molecule has 22 heavy (non-hydrogen) atoms. The predicted molar refractivity (Wildman–Crippen MR) is 77.8 cm³/mol. The van der Waals surface area contributed by atoms with Crippen molar-refractivity contribution in [2.45, 2.75) is 13.5 Å². The predicted octanol–water partition coefficient (Wildman–Crippen LogP) is 0.269. The molecule has 4 rings (SSSR count). The molecule has 0 radical (unpaired) electrons. The first kappa shape index (κ1) is 12.7. The summed E-state index contributed by atoms with van der Waals surface area (Å²) in [7, 11) is 0. The second kappa shape index (κ2) is 5.08. The molecule has 0 spiro atoms. The zero-order valence-corrected chi connectivity index (χ0v) is 11.9.